The van der Waals surface area contributed by atoms with E-state index >= 15 is 0 Å². The first-order valence-electron chi connectivity index (χ1n) is 7.84. The molecule has 4 nitrogen and oxygen atoms in total. The number of nitrogens with zero attached hydrogens (tertiary/aromatic N) is 1. The Kier molecular flexibility index (Phi) is 6.81. The Hall–Kier alpha value is -0.600. The summed E-state index contributed by atoms with van der Waals surface area (Å²) in [5, 5.41) is 10.2. The summed E-state index contributed by atoms with van der Waals surface area (Å²) in [5.74, 6) is 2.71. The Balaban J connectivity index is 1.70. The van der Waals surface area contributed by atoms with Gasteiger partial charge in [-0.2, -0.15) is 0 Å². The lowest BCUT2D eigenvalue weighted by atomic mass is 10.1. The summed E-state index contributed by atoms with van der Waals surface area (Å²) in [6, 6.07) is 0.545. The molecule has 1 saturated heterocycles. The third-order valence-electron chi connectivity index (χ3n) is 4.27. The third kappa shape index (κ3) is 5.06. The van der Waals surface area contributed by atoms with E-state index in [2.05, 4.69) is 10.8 Å². The molecule has 1 unspecified atom stereocenters. The van der Waals surface area contributed by atoms with Crippen LogP contribution in [0.2, 0.25) is 0 Å². The molecule has 2 fully saturated rings. The van der Waals surface area contributed by atoms with Crippen molar-refractivity contribution in [2.75, 3.05) is 32.9 Å². The summed E-state index contributed by atoms with van der Waals surface area (Å²) in [6.45, 7) is 3.19. The number of aliphatic hydroxyl groups is 1. The van der Waals surface area contributed by atoms with Crippen LogP contribution < -0.4 is 0 Å². The second kappa shape index (κ2) is 8.63. The van der Waals surface area contributed by atoms with Crippen molar-refractivity contribution < 1.29 is 14.6 Å². The van der Waals surface area contributed by atoms with Gasteiger partial charge in [0.15, 0.2) is 0 Å². The molecule has 0 bridgehead atoms. The van der Waals surface area contributed by atoms with Gasteiger partial charge in [-0.1, -0.05) is 18.8 Å². The first-order chi connectivity index (χ1) is 9.79. The molecule has 1 N–H and O–H groups in total. The molecule has 0 aromatic carbocycles. The van der Waals surface area contributed by atoms with Crippen LogP contribution >= 0.6 is 0 Å². The van der Waals surface area contributed by atoms with Crippen LogP contribution in [0.15, 0.2) is 0 Å². The van der Waals surface area contributed by atoms with Crippen LogP contribution in [0.25, 0.3) is 0 Å². The summed E-state index contributed by atoms with van der Waals surface area (Å²) in [7, 11) is 0. The predicted octanol–water partition coefficient (Wildman–Crippen LogP) is 1.42. The number of aliphatic hydroxyl groups excluding tert-OH is 1. The van der Waals surface area contributed by atoms with Gasteiger partial charge in [0, 0.05) is 25.8 Å². The fourth-order valence-corrected chi connectivity index (χ4v) is 3.14. The highest BCUT2D eigenvalue weighted by atomic mass is 16.5. The maximum atomic E-state index is 10.2. The predicted molar refractivity (Wildman–Crippen MR) is 78.5 cm³/mol. The number of hydrogen-bond acceptors (Lipinski definition) is 4. The molecule has 1 atom stereocenters. The molecule has 1 heterocycles. The van der Waals surface area contributed by atoms with Gasteiger partial charge < -0.3 is 14.6 Å². The van der Waals surface area contributed by atoms with E-state index in [0.717, 1.165) is 26.1 Å². The van der Waals surface area contributed by atoms with Crippen molar-refractivity contribution in [3.05, 3.63) is 0 Å². The van der Waals surface area contributed by atoms with E-state index < -0.39 is 6.10 Å². The van der Waals surface area contributed by atoms with Crippen LogP contribution in [0, 0.1) is 12.3 Å². The first-order valence-corrected chi connectivity index (χ1v) is 7.84. The molecule has 2 aliphatic rings. The van der Waals surface area contributed by atoms with E-state index in [9.17, 15) is 5.11 Å². The molecule has 0 spiro atoms. The van der Waals surface area contributed by atoms with Crippen LogP contribution in [0.5, 0.6) is 0 Å². The fourth-order valence-electron chi connectivity index (χ4n) is 3.14. The lowest BCUT2D eigenvalue weighted by Crippen LogP contribution is -2.41. The van der Waals surface area contributed by atoms with Crippen molar-refractivity contribution in [2.45, 2.75) is 56.8 Å². The van der Waals surface area contributed by atoms with Gasteiger partial charge in [-0.05, 0) is 25.7 Å². The van der Waals surface area contributed by atoms with Crippen molar-refractivity contribution in [3.63, 3.8) is 0 Å². The SMILES string of the molecule is C#CCN(CC(O)COC1CCOCC1)C1CCCC1. The second-order valence-electron chi connectivity index (χ2n) is 5.87. The van der Waals surface area contributed by atoms with Gasteiger partial charge >= 0.3 is 0 Å². The third-order valence-corrected chi connectivity index (χ3v) is 4.27. The van der Waals surface area contributed by atoms with E-state index in [1.165, 1.54) is 25.7 Å². The van der Waals surface area contributed by atoms with Crippen molar-refractivity contribution >= 4 is 0 Å². The Labute approximate surface area is 122 Å². The standard InChI is InChI=1S/C16H27NO3/c1-2-9-17(14-5-3-4-6-14)12-15(18)13-20-16-7-10-19-11-8-16/h1,14-16,18H,3-13H2. The minimum absolute atomic E-state index is 0.242. The molecule has 1 aliphatic heterocycles. The Morgan fingerprint density at radius 2 is 1.95 bits per heavy atom. The summed E-state index contributed by atoms with van der Waals surface area (Å²) < 4.78 is 11.1. The molecular weight excluding hydrogens is 254 g/mol. The van der Waals surface area contributed by atoms with E-state index in [4.69, 9.17) is 15.9 Å². The molecule has 1 aliphatic carbocycles. The monoisotopic (exact) mass is 281 g/mol. The summed E-state index contributed by atoms with van der Waals surface area (Å²) in [6.07, 6.45) is 12.1. The van der Waals surface area contributed by atoms with Crippen molar-refractivity contribution in [3.8, 4) is 12.3 Å². The quantitative estimate of drug-likeness (QED) is 0.717. The molecule has 0 aromatic heterocycles. The van der Waals surface area contributed by atoms with Crippen LogP contribution in [0.4, 0.5) is 0 Å². The van der Waals surface area contributed by atoms with Gasteiger partial charge in [-0.3, -0.25) is 4.90 Å². The van der Waals surface area contributed by atoms with Crippen LogP contribution in [0.1, 0.15) is 38.5 Å². The smallest absolute Gasteiger partial charge is 0.0900 e. The summed E-state index contributed by atoms with van der Waals surface area (Å²) >= 11 is 0. The zero-order valence-electron chi connectivity index (χ0n) is 12.3. The largest absolute Gasteiger partial charge is 0.389 e. The van der Waals surface area contributed by atoms with E-state index in [1.54, 1.807) is 0 Å². The van der Waals surface area contributed by atoms with Gasteiger partial charge in [0.2, 0.25) is 0 Å². The number of ether oxygens (including phenoxy) is 2. The molecule has 0 aromatic rings. The maximum absolute atomic E-state index is 10.2. The molecular formula is C16H27NO3. The molecule has 20 heavy (non-hydrogen) atoms. The minimum atomic E-state index is -0.452. The van der Waals surface area contributed by atoms with Crippen molar-refractivity contribution in [2.24, 2.45) is 0 Å². The Bertz CT molecular complexity index is 303. The lowest BCUT2D eigenvalue weighted by Gasteiger charge is -2.30. The summed E-state index contributed by atoms with van der Waals surface area (Å²) in [5.41, 5.74) is 0. The lowest BCUT2D eigenvalue weighted by molar-refractivity contribution is -0.0652. The molecule has 4 heteroatoms. The van der Waals surface area contributed by atoms with E-state index in [0.29, 0.717) is 25.7 Å². The number of rotatable bonds is 7. The molecule has 2 rings (SSSR count). The first kappa shape index (κ1) is 15.8. The second-order valence-corrected chi connectivity index (χ2v) is 5.87. The van der Waals surface area contributed by atoms with Gasteiger partial charge in [-0.25, -0.2) is 0 Å². The number of terminal acetylenes is 1. The van der Waals surface area contributed by atoms with Crippen LogP contribution in [-0.2, 0) is 9.47 Å². The zero-order valence-corrected chi connectivity index (χ0v) is 12.3. The van der Waals surface area contributed by atoms with Gasteiger partial charge in [0.1, 0.15) is 0 Å². The highest BCUT2D eigenvalue weighted by Crippen LogP contribution is 2.23. The Morgan fingerprint density at radius 1 is 1.25 bits per heavy atom. The normalized spacial score (nSPS) is 23.1. The molecule has 0 radical (unpaired) electrons. The topological polar surface area (TPSA) is 41.9 Å². The van der Waals surface area contributed by atoms with Gasteiger partial charge in [-0.15, -0.1) is 6.42 Å². The molecule has 0 amide bonds. The van der Waals surface area contributed by atoms with Gasteiger partial charge in [0.05, 0.1) is 25.4 Å². The van der Waals surface area contributed by atoms with Gasteiger partial charge in [0.25, 0.3) is 0 Å². The van der Waals surface area contributed by atoms with E-state index in [1.807, 2.05) is 0 Å². The zero-order chi connectivity index (χ0) is 14.2. The average Bonchev–Trinajstić information content (AvgIpc) is 3.00. The Morgan fingerprint density at radius 3 is 2.60 bits per heavy atom. The fraction of sp³-hybridized carbons (Fsp3) is 0.875. The number of hydrogen-bond donors (Lipinski definition) is 1. The average molecular weight is 281 g/mol. The van der Waals surface area contributed by atoms with Crippen LogP contribution in [-0.4, -0.2) is 61.2 Å². The molecule has 114 valence electrons. The minimum Gasteiger partial charge on any atom is -0.389 e. The summed E-state index contributed by atoms with van der Waals surface area (Å²) in [4.78, 5) is 2.24. The van der Waals surface area contributed by atoms with Crippen molar-refractivity contribution in [1.82, 2.24) is 4.90 Å². The van der Waals surface area contributed by atoms with E-state index in [-0.39, 0.29) is 6.10 Å². The van der Waals surface area contributed by atoms with Crippen molar-refractivity contribution in [1.29, 1.82) is 0 Å². The molecule has 1 saturated carbocycles. The highest BCUT2D eigenvalue weighted by Gasteiger charge is 2.24. The maximum Gasteiger partial charge on any atom is 0.0900 e. The highest BCUT2D eigenvalue weighted by molar-refractivity contribution is 4.92. The van der Waals surface area contributed by atoms with Crippen LogP contribution in [0.3, 0.4) is 0 Å².